The molecule has 0 atom stereocenters. The molecule has 1 heterocycles. The van der Waals surface area contributed by atoms with E-state index in [1.165, 1.54) is 0 Å². The average Bonchev–Trinajstić information content (AvgIpc) is 2.72. The first-order valence-corrected chi connectivity index (χ1v) is 7.14. The van der Waals surface area contributed by atoms with E-state index in [0.29, 0.717) is 11.5 Å². The highest BCUT2D eigenvalue weighted by molar-refractivity contribution is 6.59. The zero-order valence-electron chi connectivity index (χ0n) is 13.4. The van der Waals surface area contributed by atoms with Crippen LogP contribution in [0.3, 0.4) is 0 Å². The van der Waals surface area contributed by atoms with Crippen LogP contribution in [0.5, 0.6) is 0 Å². The highest BCUT2D eigenvalue weighted by Crippen LogP contribution is 2.25. The van der Waals surface area contributed by atoms with Gasteiger partial charge in [0.1, 0.15) is 0 Å². The minimum atomic E-state index is -1.11. The maximum absolute atomic E-state index is 10.3. The molecule has 0 aliphatic heterocycles. The summed E-state index contributed by atoms with van der Waals surface area (Å²) >= 11 is 0. The maximum Gasteiger partial charge on any atom is 0.510 e. The van der Waals surface area contributed by atoms with Crippen molar-refractivity contribution >= 4 is 12.7 Å². The number of hydrogen-bond donors (Lipinski definition) is 2. The molecule has 0 saturated carbocycles. The van der Waals surface area contributed by atoms with Crippen LogP contribution >= 0.6 is 0 Å². The van der Waals surface area contributed by atoms with Crippen molar-refractivity contribution in [3.63, 3.8) is 0 Å². The van der Waals surface area contributed by atoms with Crippen molar-refractivity contribution in [1.82, 2.24) is 9.78 Å². The molecular weight excluding hydrogens is 255 g/mol. The summed E-state index contributed by atoms with van der Waals surface area (Å²) in [6.45, 7) is 11.9. The van der Waals surface area contributed by atoms with Crippen LogP contribution in [-0.4, -0.2) is 38.2 Å². The second kappa shape index (κ2) is 6.29. The second-order valence-corrected chi connectivity index (χ2v) is 6.70. The molecule has 0 aliphatic carbocycles. The smallest absolute Gasteiger partial charge is 0.422 e. The standard InChI is InChI=1S/C14H27BN2O3/c1-11(2)8-10-17-12(7-9-16-17)15(19)20-14(5,6)13(3,4)18/h7,9,11,18-19H,8,10H2,1-6H3. The predicted molar refractivity (Wildman–Crippen MR) is 80.8 cm³/mol. The van der Waals surface area contributed by atoms with Crippen LogP contribution in [0.25, 0.3) is 0 Å². The lowest BCUT2D eigenvalue weighted by Gasteiger charge is -2.38. The van der Waals surface area contributed by atoms with Gasteiger partial charge in [0.05, 0.1) is 16.8 Å². The summed E-state index contributed by atoms with van der Waals surface area (Å²) in [5, 5.41) is 24.6. The fourth-order valence-corrected chi connectivity index (χ4v) is 1.60. The van der Waals surface area contributed by atoms with Gasteiger partial charge in [0.25, 0.3) is 0 Å². The molecule has 1 aromatic heterocycles. The monoisotopic (exact) mass is 282 g/mol. The highest BCUT2D eigenvalue weighted by atomic mass is 16.5. The number of hydrogen-bond acceptors (Lipinski definition) is 4. The Balaban J connectivity index is 2.78. The third-order valence-corrected chi connectivity index (χ3v) is 3.80. The van der Waals surface area contributed by atoms with Gasteiger partial charge in [-0.3, -0.25) is 4.68 Å². The lowest BCUT2D eigenvalue weighted by Crippen LogP contribution is -2.54. The van der Waals surface area contributed by atoms with Gasteiger partial charge in [0, 0.05) is 12.7 Å². The lowest BCUT2D eigenvalue weighted by atomic mass is 9.80. The van der Waals surface area contributed by atoms with E-state index in [2.05, 4.69) is 18.9 Å². The number of aryl methyl sites for hydroxylation is 1. The third-order valence-electron chi connectivity index (χ3n) is 3.80. The van der Waals surface area contributed by atoms with E-state index in [0.717, 1.165) is 13.0 Å². The van der Waals surface area contributed by atoms with Crippen LogP contribution < -0.4 is 5.59 Å². The van der Waals surface area contributed by atoms with Gasteiger partial charge >= 0.3 is 7.12 Å². The topological polar surface area (TPSA) is 67.5 Å². The van der Waals surface area contributed by atoms with Gasteiger partial charge in [-0.1, -0.05) is 13.8 Å². The van der Waals surface area contributed by atoms with Gasteiger partial charge in [0.15, 0.2) is 0 Å². The summed E-state index contributed by atoms with van der Waals surface area (Å²) < 4.78 is 7.39. The highest BCUT2D eigenvalue weighted by Gasteiger charge is 2.40. The van der Waals surface area contributed by atoms with E-state index in [-0.39, 0.29) is 0 Å². The minimum Gasteiger partial charge on any atom is -0.422 e. The first-order chi connectivity index (χ1) is 9.04. The van der Waals surface area contributed by atoms with Crippen molar-refractivity contribution in [2.24, 2.45) is 5.92 Å². The first kappa shape index (κ1) is 17.2. The van der Waals surface area contributed by atoms with E-state index < -0.39 is 18.3 Å². The number of nitrogens with zero attached hydrogens (tertiary/aromatic N) is 2. The summed E-state index contributed by atoms with van der Waals surface area (Å²) in [4.78, 5) is 0. The van der Waals surface area contributed by atoms with E-state index >= 15 is 0 Å². The molecule has 0 fully saturated rings. The van der Waals surface area contributed by atoms with Gasteiger partial charge in [-0.05, 0) is 46.1 Å². The normalized spacial score (nSPS) is 13.1. The number of aliphatic hydroxyl groups is 1. The molecule has 0 unspecified atom stereocenters. The van der Waals surface area contributed by atoms with E-state index in [1.54, 1.807) is 44.6 Å². The Kier molecular flexibility index (Phi) is 5.41. The Hall–Kier alpha value is -0.845. The second-order valence-electron chi connectivity index (χ2n) is 6.70. The molecule has 1 aromatic rings. The molecular formula is C14H27BN2O3. The number of aromatic nitrogens is 2. The van der Waals surface area contributed by atoms with Crippen LogP contribution in [0.15, 0.2) is 12.3 Å². The molecule has 20 heavy (non-hydrogen) atoms. The van der Waals surface area contributed by atoms with Crippen LogP contribution in [0.4, 0.5) is 0 Å². The Morgan fingerprint density at radius 2 is 1.95 bits per heavy atom. The van der Waals surface area contributed by atoms with Crippen LogP contribution in [0, 0.1) is 5.92 Å². The average molecular weight is 282 g/mol. The van der Waals surface area contributed by atoms with Gasteiger partial charge < -0.3 is 14.8 Å². The van der Waals surface area contributed by atoms with E-state index in [9.17, 15) is 10.1 Å². The Labute approximate surface area is 122 Å². The molecule has 0 amide bonds. The van der Waals surface area contributed by atoms with Crippen molar-refractivity contribution in [2.45, 2.75) is 65.7 Å². The molecule has 0 spiro atoms. The molecule has 0 bridgehead atoms. The van der Waals surface area contributed by atoms with Crippen LogP contribution in [0.1, 0.15) is 48.0 Å². The van der Waals surface area contributed by atoms with Crippen molar-refractivity contribution < 1.29 is 14.8 Å². The molecule has 0 aliphatic rings. The molecule has 0 aromatic carbocycles. The van der Waals surface area contributed by atoms with Crippen molar-refractivity contribution in [1.29, 1.82) is 0 Å². The lowest BCUT2D eigenvalue weighted by molar-refractivity contribution is -0.0984. The molecule has 1 rings (SSSR count). The SMILES string of the molecule is CC(C)CCn1nccc1B(O)OC(C)(C)C(C)(C)O. The van der Waals surface area contributed by atoms with Crippen molar-refractivity contribution in [2.75, 3.05) is 0 Å². The van der Waals surface area contributed by atoms with E-state index in [1.807, 2.05) is 0 Å². The quantitative estimate of drug-likeness (QED) is 0.737. The Bertz CT molecular complexity index is 424. The third kappa shape index (κ3) is 4.33. The van der Waals surface area contributed by atoms with Crippen LogP contribution in [-0.2, 0) is 11.2 Å². The Morgan fingerprint density at radius 3 is 2.45 bits per heavy atom. The van der Waals surface area contributed by atoms with Gasteiger partial charge in [-0.25, -0.2) is 0 Å². The van der Waals surface area contributed by atoms with Crippen LogP contribution in [0.2, 0.25) is 0 Å². The fraction of sp³-hybridized carbons (Fsp3) is 0.786. The van der Waals surface area contributed by atoms with Crippen molar-refractivity contribution in [3.05, 3.63) is 12.3 Å². The summed E-state index contributed by atoms with van der Waals surface area (Å²) in [5.74, 6) is 0.568. The fourth-order valence-electron chi connectivity index (χ4n) is 1.60. The maximum atomic E-state index is 10.3. The van der Waals surface area contributed by atoms with E-state index in [4.69, 9.17) is 4.65 Å². The molecule has 6 heteroatoms. The molecule has 0 saturated heterocycles. The number of rotatable bonds is 7. The summed E-state index contributed by atoms with van der Waals surface area (Å²) in [6, 6.07) is 1.74. The van der Waals surface area contributed by atoms with Gasteiger partial charge in [-0.2, -0.15) is 5.10 Å². The molecule has 114 valence electrons. The summed E-state index contributed by atoms with van der Waals surface area (Å²) in [5.41, 5.74) is -1.32. The minimum absolute atomic E-state index is 0.568. The molecule has 0 radical (unpaired) electrons. The zero-order valence-corrected chi connectivity index (χ0v) is 13.4. The largest absolute Gasteiger partial charge is 0.510 e. The molecule has 2 N–H and O–H groups in total. The van der Waals surface area contributed by atoms with Gasteiger partial charge in [-0.15, -0.1) is 0 Å². The molecule has 5 nitrogen and oxygen atoms in total. The zero-order chi connectivity index (χ0) is 15.6. The van der Waals surface area contributed by atoms with Crippen molar-refractivity contribution in [3.8, 4) is 0 Å². The predicted octanol–water partition coefficient (Wildman–Crippen LogP) is 1.18. The van der Waals surface area contributed by atoms with Gasteiger partial charge in [0.2, 0.25) is 0 Å². The first-order valence-electron chi connectivity index (χ1n) is 7.14. The Morgan fingerprint density at radius 1 is 1.35 bits per heavy atom. The summed E-state index contributed by atoms with van der Waals surface area (Å²) in [6.07, 6.45) is 2.63. The summed E-state index contributed by atoms with van der Waals surface area (Å²) in [7, 11) is -1.11.